The minimum absolute atomic E-state index is 0.115. The Morgan fingerprint density at radius 1 is 1.05 bits per heavy atom. The van der Waals surface area contributed by atoms with E-state index in [1.165, 1.54) is 6.08 Å². The number of amides is 1. The molecule has 0 fully saturated rings. The molecule has 0 saturated carbocycles. The standard InChI is InChI=1S/C30H29ClN2O4/c1-18-15-19(2)29-22(16-18)28(21-7-5-6-8-23(21)31)30(24(32-29)13-14-34)33-27(35)12-10-20-9-11-25(36-3)26(17-20)37-4/h5-12,15-17,34H,13-14H2,1-4H3,(H,33,35). The van der Waals surface area contributed by atoms with Crippen molar-refractivity contribution in [1.29, 1.82) is 0 Å². The number of halogens is 1. The van der Waals surface area contributed by atoms with Gasteiger partial charge in [-0.1, -0.05) is 47.5 Å². The van der Waals surface area contributed by atoms with Crippen LogP contribution in [0.5, 0.6) is 11.5 Å². The van der Waals surface area contributed by atoms with E-state index in [1.54, 1.807) is 32.4 Å². The number of fused-ring (bicyclic) bond motifs is 1. The molecule has 0 unspecified atom stereocenters. The van der Waals surface area contributed by atoms with Gasteiger partial charge in [-0.2, -0.15) is 0 Å². The van der Waals surface area contributed by atoms with Crippen molar-refractivity contribution in [2.24, 2.45) is 0 Å². The molecule has 1 amide bonds. The predicted octanol–water partition coefficient (Wildman–Crippen LogP) is 6.38. The van der Waals surface area contributed by atoms with E-state index in [4.69, 9.17) is 26.1 Å². The van der Waals surface area contributed by atoms with Gasteiger partial charge in [0.05, 0.1) is 31.1 Å². The number of pyridine rings is 1. The molecule has 0 atom stereocenters. The molecule has 0 saturated heterocycles. The third-order valence-corrected chi connectivity index (χ3v) is 6.40. The van der Waals surface area contributed by atoms with E-state index >= 15 is 0 Å². The zero-order chi connectivity index (χ0) is 26.5. The van der Waals surface area contributed by atoms with Gasteiger partial charge in [0.1, 0.15) is 0 Å². The van der Waals surface area contributed by atoms with Gasteiger partial charge in [-0.15, -0.1) is 0 Å². The van der Waals surface area contributed by atoms with Crippen molar-refractivity contribution in [2.45, 2.75) is 20.3 Å². The summed E-state index contributed by atoms with van der Waals surface area (Å²) in [6.07, 6.45) is 3.42. The number of hydrogen-bond acceptors (Lipinski definition) is 5. The van der Waals surface area contributed by atoms with Crippen LogP contribution in [0.1, 0.15) is 22.4 Å². The molecule has 6 nitrogen and oxygen atoms in total. The second-order valence-electron chi connectivity index (χ2n) is 8.68. The van der Waals surface area contributed by atoms with Crippen LogP contribution in [0.3, 0.4) is 0 Å². The van der Waals surface area contributed by atoms with Crippen LogP contribution in [0.25, 0.3) is 28.1 Å². The van der Waals surface area contributed by atoms with Crippen LogP contribution in [0.15, 0.2) is 60.7 Å². The molecule has 0 aliphatic heterocycles. The molecule has 4 rings (SSSR count). The van der Waals surface area contributed by atoms with Crippen LogP contribution in [0, 0.1) is 13.8 Å². The number of carbonyl (C=O) groups excluding carboxylic acids is 1. The summed E-state index contributed by atoms with van der Waals surface area (Å²) in [5.41, 5.74) is 6.33. The molecule has 190 valence electrons. The van der Waals surface area contributed by atoms with Crippen molar-refractivity contribution in [3.8, 4) is 22.6 Å². The molecule has 4 aromatic rings. The fraction of sp³-hybridized carbons (Fsp3) is 0.200. The lowest BCUT2D eigenvalue weighted by Crippen LogP contribution is -2.14. The second kappa shape index (κ2) is 11.5. The summed E-state index contributed by atoms with van der Waals surface area (Å²) in [5.74, 6) is 0.837. The number of aryl methyl sites for hydroxylation is 2. The molecule has 37 heavy (non-hydrogen) atoms. The predicted molar refractivity (Wildman–Crippen MR) is 150 cm³/mol. The molecular formula is C30H29ClN2O4. The van der Waals surface area contributed by atoms with E-state index in [0.29, 0.717) is 27.9 Å². The highest BCUT2D eigenvalue weighted by molar-refractivity contribution is 6.34. The average molecular weight is 517 g/mol. The zero-order valence-corrected chi connectivity index (χ0v) is 22.0. The quantitative estimate of drug-likeness (QED) is 0.266. The molecule has 3 aromatic carbocycles. The minimum Gasteiger partial charge on any atom is -0.493 e. The fourth-order valence-electron chi connectivity index (χ4n) is 4.43. The highest BCUT2D eigenvalue weighted by atomic mass is 35.5. The van der Waals surface area contributed by atoms with Crippen LogP contribution in [-0.4, -0.2) is 36.8 Å². The van der Waals surface area contributed by atoms with E-state index < -0.39 is 0 Å². The Kier molecular flexibility index (Phi) is 8.11. The first-order valence-corrected chi connectivity index (χ1v) is 12.2. The van der Waals surface area contributed by atoms with E-state index in [9.17, 15) is 9.90 Å². The number of hydrogen-bond donors (Lipinski definition) is 2. The maximum Gasteiger partial charge on any atom is 0.248 e. The maximum atomic E-state index is 13.2. The summed E-state index contributed by atoms with van der Waals surface area (Å²) in [7, 11) is 3.13. The highest BCUT2D eigenvalue weighted by Gasteiger charge is 2.21. The molecule has 0 aliphatic carbocycles. The van der Waals surface area contributed by atoms with Gasteiger partial charge in [-0.05, 0) is 55.3 Å². The number of ether oxygens (including phenoxy) is 2. The van der Waals surface area contributed by atoms with Crippen molar-refractivity contribution >= 4 is 40.2 Å². The molecule has 7 heteroatoms. The summed E-state index contributed by atoms with van der Waals surface area (Å²) in [6.45, 7) is 3.91. The molecule has 2 N–H and O–H groups in total. The van der Waals surface area contributed by atoms with E-state index in [-0.39, 0.29) is 18.9 Å². The summed E-state index contributed by atoms with van der Waals surface area (Å²) in [6, 6.07) is 17.0. The number of anilines is 1. The number of aliphatic hydroxyl groups excluding tert-OH is 1. The third kappa shape index (κ3) is 5.61. The van der Waals surface area contributed by atoms with Gasteiger partial charge in [0.15, 0.2) is 11.5 Å². The molecule has 0 bridgehead atoms. The Labute approximate surface area is 221 Å². The number of benzene rings is 3. The van der Waals surface area contributed by atoms with Gasteiger partial charge in [0, 0.05) is 40.6 Å². The number of aliphatic hydroxyl groups is 1. The first kappa shape index (κ1) is 26.2. The molecule has 1 aromatic heterocycles. The summed E-state index contributed by atoms with van der Waals surface area (Å²) < 4.78 is 10.6. The van der Waals surface area contributed by atoms with Gasteiger partial charge in [-0.3, -0.25) is 9.78 Å². The number of nitrogens with zero attached hydrogens (tertiary/aromatic N) is 1. The largest absolute Gasteiger partial charge is 0.493 e. The lowest BCUT2D eigenvalue weighted by molar-refractivity contribution is -0.111. The van der Waals surface area contributed by atoms with E-state index in [0.717, 1.165) is 38.7 Å². The Bertz CT molecular complexity index is 1500. The third-order valence-electron chi connectivity index (χ3n) is 6.07. The molecule has 0 spiro atoms. The van der Waals surface area contributed by atoms with Crippen molar-refractivity contribution in [2.75, 3.05) is 26.1 Å². The SMILES string of the molecule is COc1ccc(C=CC(=O)Nc2c(CCO)nc3c(C)cc(C)cc3c2-c2ccccc2Cl)cc1OC. The zero-order valence-electron chi connectivity index (χ0n) is 21.3. The fourth-order valence-corrected chi connectivity index (χ4v) is 4.66. The van der Waals surface area contributed by atoms with Crippen molar-refractivity contribution in [1.82, 2.24) is 4.98 Å². The number of methoxy groups -OCH3 is 2. The first-order valence-electron chi connectivity index (χ1n) is 11.9. The normalized spacial score (nSPS) is 11.2. The molecule has 0 aliphatic rings. The lowest BCUT2D eigenvalue weighted by Gasteiger charge is -2.19. The second-order valence-corrected chi connectivity index (χ2v) is 9.08. The topological polar surface area (TPSA) is 80.7 Å². The molecule has 1 heterocycles. The van der Waals surface area contributed by atoms with Crippen molar-refractivity contribution < 1.29 is 19.4 Å². The van der Waals surface area contributed by atoms with Crippen LogP contribution in [-0.2, 0) is 11.2 Å². The summed E-state index contributed by atoms with van der Waals surface area (Å²) in [4.78, 5) is 18.0. The summed E-state index contributed by atoms with van der Waals surface area (Å²) in [5, 5.41) is 14.3. The van der Waals surface area contributed by atoms with Crippen molar-refractivity contribution in [3.63, 3.8) is 0 Å². The Balaban J connectivity index is 1.84. The Morgan fingerprint density at radius 2 is 1.81 bits per heavy atom. The number of rotatable bonds is 8. The number of nitrogens with one attached hydrogen (secondary N) is 1. The van der Waals surface area contributed by atoms with Gasteiger partial charge < -0.3 is 19.9 Å². The van der Waals surface area contributed by atoms with Crippen LogP contribution in [0.4, 0.5) is 5.69 Å². The maximum absolute atomic E-state index is 13.2. The van der Waals surface area contributed by atoms with Gasteiger partial charge in [-0.25, -0.2) is 0 Å². The van der Waals surface area contributed by atoms with Crippen molar-refractivity contribution in [3.05, 3.63) is 88.1 Å². The first-order chi connectivity index (χ1) is 17.9. The van der Waals surface area contributed by atoms with Crippen LogP contribution < -0.4 is 14.8 Å². The van der Waals surface area contributed by atoms with Gasteiger partial charge in [0.25, 0.3) is 0 Å². The van der Waals surface area contributed by atoms with E-state index in [2.05, 4.69) is 11.4 Å². The molecule has 0 radical (unpaired) electrons. The Morgan fingerprint density at radius 3 is 2.51 bits per heavy atom. The van der Waals surface area contributed by atoms with Gasteiger partial charge >= 0.3 is 0 Å². The number of aromatic nitrogens is 1. The van der Waals surface area contributed by atoms with Crippen LogP contribution >= 0.6 is 11.6 Å². The monoisotopic (exact) mass is 516 g/mol. The van der Waals surface area contributed by atoms with Gasteiger partial charge in [0.2, 0.25) is 5.91 Å². The highest BCUT2D eigenvalue weighted by Crippen LogP contribution is 2.41. The Hall–Kier alpha value is -3.87. The number of carbonyl (C=O) groups is 1. The van der Waals surface area contributed by atoms with E-state index in [1.807, 2.05) is 50.2 Å². The minimum atomic E-state index is -0.340. The smallest absolute Gasteiger partial charge is 0.248 e. The van der Waals surface area contributed by atoms with Crippen LogP contribution in [0.2, 0.25) is 5.02 Å². The summed E-state index contributed by atoms with van der Waals surface area (Å²) >= 11 is 6.65. The lowest BCUT2D eigenvalue weighted by atomic mass is 9.94. The average Bonchev–Trinajstić information content (AvgIpc) is 2.88. The molecular weight excluding hydrogens is 488 g/mol.